The molecule has 3 aromatic rings. The van der Waals surface area contributed by atoms with Crippen LogP contribution in [0.3, 0.4) is 0 Å². The Kier molecular flexibility index (Phi) is 5.40. The van der Waals surface area contributed by atoms with Gasteiger partial charge in [0.15, 0.2) is 9.84 Å². The minimum absolute atomic E-state index is 0.150. The molecule has 0 aliphatic rings. The average Bonchev–Trinajstić information content (AvgIpc) is 2.98. The Hall–Kier alpha value is -2.18. The van der Waals surface area contributed by atoms with Gasteiger partial charge in [-0.1, -0.05) is 32.0 Å². The van der Waals surface area contributed by atoms with Crippen molar-refractivity contribution in [2.24, 2.45) is 0 Å². The third-order valence-electron chi connectivity index (χ3n) is 4.57. The van der Waals surface area contributed by atoms with Gasteiger partial charge >= 0.3 is 5.97 Å². The van der Waals surface area contributed by atoms with Crippen molar-refractivity contribution in [2.45, 2.75) is 36.7 Å². The molecule has 1 aromatic heterocycles. The van der Waals surface area contributed by atoms with Crippen molar-refractivity contribution in [2.75, 3.05) is 7.11 Å². The van der Waals surface area contributed by atoms with Crippen LogP contribution in [0, 0.1) is 6.92 Å². The SMILES string of the molecule is COC(=O)c1cccc(CS(=O)(=O)c2sc3ccc(C(C)C)cc3c2C)c1. The van der Waals surface area contributed by atoms with E-state index in [1.54, 1.807) is 24.3 Å². The maximum absolute atomic E-state index is 13.1. The minimum Gasteiger partial charge on any atom is -0.465 e. The second-order valence-electron chi connectivity index (χ2n) is 6.88. The quantitative estimate of drug-likeness (QED) is 0.558. The van der Waals surface area contributed by atoms with Crippen LogP contribution in [0.1, 0.15) is 46.8 Å². The Bertz CT molecular complexity index is 1110. The molecule has 0 spiro atoms. The maximum atomic E-state index is 13.1. The van der Waals surface area contributed by atoms with Crippen molar-refractivity contribution < 1.29 is 17.9 Å². The van der Waals surface area contributed by atoms with E-state index in [1.807, 2.05) is 13.0 Å². The van der Waals surface area contributed by atoms with Crippen LogP contribution in [0.5, 0.6) is 0 Å². The topological polar surface area (TPSA) is 60.4 Å². The highest BCUT2D eigenvalue weighted by Crippen LogP contribution is 2.37. The number of rotatable bonds is 5. The van der Waals surface area contributed by atoms with Gasteiger partial charge in [0.2, 0.25) is 0 Å². The number of sulfone groups is 1. The number of methoxy groups -OCH3 is 1. The van der Waals surface area contributed by atoms with E-state index in [9.17, 15) is 13.2 Å². The second kappa shape index (κ2) is 7.44. The molecule has 0 amide bonds. The molecule has 0 N–H and O–H groups in total. The summed E-state index contributed by atoms with van der Waals surface area (Å²) in [4.78, 5) is 11.7. The van der Waals surface area contributed by atoms with Crippen LogP contribution < -0.4 is 0 Å². The number of benzene rings is 2. The van der Waals surface area contributed by atoms with Crippen LogP contribution in [-0.2, 0) is 20.3 Å². The van der Waals surface area contributed by atoms with Crippen LogP contribution in [0.4, 0.5) is 0 Å². The van der Waals surface area contributed by atoms with E-state index in [0.717, 1.165) is 15.6 Å². The largest absolute Gasteiger partial charge is 0.465 e. The fourth-order valence-electron chi connectivity index (χ4n) is 3.06. The zero-order chi connectivity index (χ0) is 19.8. The number of ether oxygens (including phenoxy) is 1. The van der Waals surface area contributed by atoms with Gasteiger partial charge < -0.3 is 4.74 Å². The monoisotopic (exact) mass is 402 g/mol. The lowest BCUT2D eigenvalue weighted by molar-refractivity contribution is 0.0600. The van der Waals surface area contributed by atoms with Gasteiger partial charge in [-0.2, -0.15) is 0 Å². The smallest absolute Gasteiger partial charge is 0.337 e. The van der Waals surface area contributed by atoms with E-state index in [2.05, 4.69) is 26.0 Å². The molecule has 0 saturated carbocycles. The predicted octanol–water partition coefficient (Wildman–Crippen LogP) is 5.09. The predicted molar refractivity (Wildman–Crippen MR) is 109 cm³/mol. The first kappa shape index (κ1) is 19.6. The molecule has 27 heavy (non-hydrogen) atoms. The maximum Gasteiger partial charge on any atom is 0.337 e. The van der Waals surface area contributed by atoms with Crippen LogP contribution in [0.2, 0.25) is 0 Å². The molecule has 2 aromatic carbocycles. The number of carbonyl (C=O) groups is 1. The molecular formula is C21H22O4S2. The van der Waals surface area contributed by atoms with Crippen LogP contribution >= 0.6 is 11.3 Å². The Morgan fingerprint density at radius 1 is 1.15 bits per heavy atom. The normalized spacial score (nSPS) is 11.9. The number of hydrogen-bond acceptors (Lipinski definition) is 5. The number of esters is 1. The molecule has 0 atom stereocenters. The molecule has 3 rings (SSSR count). The van der Waals surface area contributed by atoms with Gasteiger partial charge in [0.05, 0.1) is 18.4 Å². The van der Waals surface area contributed by atoms with Crippen molar-refractivity contribution >= 4 is 37.2 Å². The summed E-state index contributed by atoms with van der Waals surface area (Å²) < 4.78 is 32.2. The lowest BCUT2D eigenvalue weighted by Crippen LogP contribution is -2.06. The number of thiophene rings is 1. The van der Waals surface area contributed by atoms with E-state index < -0.39 is 15.8 Å². The molecule has 142 valence electrons. The van der Waals surface area contributed by atoms with Crippen LogP contribution in [0.25, 0.3) is 10.1 Å². The Morgan fingerprint density at radius 3 is 2.56 bits per heavy atom. The number of hydrogen-bond donors (Lipinski definition) is 0. The van der Waals surface area contributed by atoms with Crippen LogP contribution in [-0.4, -0.2) is 21.5 Å². The van der Waals surface area contributed by atoms with E-state index in [4.69, 9.17) is 4.74 Å². The van der Waals surface area contributed by atoms with Crippen molar-refractivity contribution in [1.82, 2.24) is 0 Å². The summed E-state index contributed by atoms with van der Waals surface area (Å²) in [6.07, 6.45) is 0. The number of fused-ring (bicyclic) bond motifs is 1. The molecule has 0 saturated heterocycles. The van der Waals surface area contributed by atoms with Gasteiger partial charge in [-0.3, -0.25) is 0 Å². The highest BCUT2D eigenvalue weighted by Gasteiger charge is 2.23. The molecule has 4 nitrogen and oxygen atoms in total. The summed E-state index contributed by atoms with van der Waals surface area (Å²) >= 11 is 1.31. The molecular weight excluding hydrogens is 380 g/mol. The Morgan fingerprint density at radius 2 is 1.89 bits per heavy atom. The van der Waals surface area contributed by atoms with Gasteiger partial charge in [0.25, 0.3) is 0 Å². The first-order chi connectivity index (χ1) is 12.7. The van der Waals surface area contributed by atoms with Crippen molar-refractivity contribution in [1.29, 1.82) is 0 Å². The molecule has 0 unspecified atom stereocenters. The highest BCUT2D eigenvalue weighted by atomic mass is 32.2. The third-order valence-corrected chi connectivity index (χ3v) is 8.23. The molecule has 0 radical (unpaired) electrons. The zero-order valence-electron chi connectivity index (χ0n) is 15.8. The highest BCUT2D eigenvalue weighted by molar-refractivity contribution is 7.93. The summed E-state index contributed by atoms with van der Waals surface area (Å²) in [5, 5.41) is 0.994. The van der Waals surface area contributed by atoms with Crippen molar-refractivity contribution in [3.05, 3.63) is 64.7 Å². The third kappa shape index (κ3) is 3.92. The van der Waals surface area contributed by atoms with E-state index in [-0.39, 0.29) is 5.75 Å². The van der Waals surface area contributed by atoms with Gasteiger partial charge in [-0.25, -0.2) is 13.2 Å². The molecule has 1 heterocycles. The van der Waals surface area contributed by atoms with Gasteiger partial charge in [0.1, 0.15) is 4.21 Å². The van der Waals surface area contributed by atoms with Gasteiger partial charge in [0, 0.05) is 4.70 Å². The fraction of sp³-hybridized carbons (Fsp3) is 0.286. The zero-order valence-corrected chi connectivity index (χ0v) is 17.4. The standard InChI is InChI=1S/C21H22O4S2/c1-13(2)16-8-9-19-18(11-16)14(3)21(26-19)27(23,24)12-15-6-5-7-17(10-15)20(22)25-4/h5-11,13H,12H2,1-4H3. The minimum atomic E-state index is -3.52. The van der Waals surface area contributed by atoms with E-state index in [1.165, 1.54) is 24.0 Å². The van der Waals surface area contributed by atoms with Gasteiger partial charge in [-0.05, 0) is 59.2 Å². The molecule has 0 aliphatic carbocycles. The molecule has 6 heteroatoms. The van der Waals surface area contributed by atoms with E-state index in [0.29, 0.717) is 21.3 Å². The Labute approximate surface area is 163 Å². The second-order valence-corrected chi connectivity index (χ2v) is 10.1. The number of aryl methyl sites for hydroxylation is 1. The summed E-state index contributed by atoms with van der Waals surface area (Å²) in [6.45, 7) is 6.10. The van der Waals surface area contributed by atoms with Crippen molar-refractivity contribution in [3.63, 3.8) is 0 Å². The average molecular weight is 403 g/mol. The lowest BCUT2D eigenvalue weighted by atomic mass is 10.0. The number of carbonyl (C=O) groups excluding carboxylic acids is 1. The Balaban J connectivity index is 2.00. The molecule has 0 fully saturated rings. The fourth-order valence-corrected chi connectivity index (χ4v) is 6.26. The van der Waals surface area contributed by atoms with Crippen molar-refractivity contribution in [3.8, 4) is 0 Å². The summed E-state index contributed by atoms with van der Waals surface area (Å²) in [7, 11) is -2.22. The summed E-state index contributed by atoms with van der Waals surface area (Å²) in [6, 6.07) is 12.7. The first-order valence-corrected chi connectivity index (χ1v) is 11.1. The van der Waals surface area contributed by atoms with E-state index >= 15 is 0 Å². The lowest BCUT2D eigenvalue weighted by Gasteiger charge is -2.06. The summed E-state index contributed by atoms with van der Waals surface area (Å²) in [5.74, 6) is -0.244. The summed E-state index contributed by atoms with van der Waals surface area (Å²) in [5.41, 5.74) is 2.90. The first-order valence-electron chi connectivity index (χ1n) is 8.66. The van der Waals surface area contributed by atoms with Gasteiger partial charge in [-0.15, -0.1) is 11.3 Å². The molecule has 0 bridgehead atoms. The molecule has 0 aliphatic heterocycles. The van der Waals surface area contributed by atoms with Crippen LogP contribution in [0.15, 0.2) is 46.7 Å².